The molecule has 2 aromatic rings. The average molecular weight is 275 g/mol. The summed E-state index contributed by atoms with van der Waals surface area (Å²) in [6, 6.07) is 0.168. The van der Waals surface area contributed by atoms with Gasteiger partial charge >= 0.3 is 0 Å². The van der Waals surface area contributed by atoms with E-state index in [0.717, 1.165) is 24.0 Å². The fourth-order valence-corrected chi connectivity index (χ4v) is 1.98. The molecule has 2 aromatic heterocycles. The van der Waals surface area contributed by atoms with Crippen LogP contribution in [-0.4, -0.2) is 32.4 Å². The number of hydrogen-bond acceptors (Lipinski definition) is 3. The summed E-state index contributed by atoms with van der Waals surface area (Å²) in [5.74, 6) is 0.0872. The minimum Gasteiger partial charge on any atom is -0.354 e. The zero-order valence-corrected chi connectivity index (χ0v) is 12.0. The molecule has 6 nitrogen and oxygen atoms in total. The quantitative estimate of drug-likeness (QED) is 0.806. The Kier molecular flexibility index (Phi) is 4.92. The van der Waals surface area contributed by atoms with Crippen molar-refractivity contribution in [1.29, 1.82) is 0 Å². The summed E-state index contributed by atoms with van der Waals surface area (Å²) >= 11 is 0. The van der Waals surface area contributed by atoms with Crippen molar-refractivity contribution in [3.05, 3.63) is 35.9 Å². The van der Waals surface area contributed by atoms with Crippen LogP contribution in [-0.2, 0) is 11.2 Å². The molecule has 0 radical (unpaired) electrons. The fourth-order valence-electron chi connectivity index (χ4n) is 1.98. The number of aromatic amines is 1. The van der Waals surface area contributed by atoms with Gasteiger partial charge in [0.2, 0.25) is 5.91 Å². The van der Waals surface area contributed by atoms with E-state index in [0.29, 0.717) is 13.0 Å². The molecular weight excluding hydrogens is 254 g/mol. The Morgan fingerprint density at radius 3 is 3.00 bits per heavy atom. The van der Waals surface area contributed by atoms with Crippen LogP contribution in [0.1, 0.15) is 36.9 Å². The first-order chi connectivity index (χ1) is 9.65. The Morgan fingerprint density at radius 1 is 1.50 bits per heavy atom. The van der Waals surface area contributed by atoms with Crippen LogP contribution in [0.2, 0.25) is 0 Å². The van der Waals surface area contributed by atoms with Crippen LogP contribution in [0.15, 0.2) is 24.8 Å². The van der Waals surface area contributed by atoms with Crippen molar-refractivity contribution in [3.63, 3.8) is 0 Å². The van der Waals surface area contributed by atoms with Crippen LogP contribution >= 0.6 is 0 Å². The smallest absolute Gasteiger partial charge is 0.220 e. The molecule has 6 heteroatoms. The zero-order valence-electron chi connectivity index (χ0n) is 12.0. The molecule has 0 aliphatic rings. The van der Waals surface area contributed by atoms with Crippen molar-refractivity contribution in [2.75, 3.05) is 6.54 Å². The van der Waals surface area contributed by atoms with Gasteiger partial charge in [0.25, 0.3) is 0 Å². The van der Waals surface area contributed by atoms with Crippen LogP contribution in [0.3, 0.4) is 0 Å². The summed E-state index contributed by atoms with van der Waals surface area (Å²) < 4.78 is 1.88. The summed E-state index contributed by atoms with van der Waals surface area (Å²) in [6.07, 6.45) is 9.70. The maximum atomic E-state index is 11.7. The van der Waals surface area contributed by atoms with E-state index in [2.05, 4.69) is 20.6 Å². The Balaban J connectivity index is 1.64. The molecule has 1 atom stereocenters. The molecule has 108 valence electrons. The van der Waals surface area contributed by atoms with Gasteiger partial charge in [0.15, 0.2) is 0 Å². The second-order valence-corrected chi connectivity index (χ2v) is 5.11. The first kappa shape index (κ1) is 14.3. The molecule has 2 rings (SSSR count). The van der Waals surface area contributed by atoms with E-state index in [1.807, 2.05) is 37.1 Å². The molecule has 1 amide bonds. The lowest BCUT2D eigenvalue weighted by molar-refractivity contribution is -0.121. The van der Waals surface area contributed by atoms with Crippen LogP contribution in [0, 0.1) is 6.92 Å². The molecule has 0 aliphatic heterocycles. The van der Waals surface area contributed by atoms with Gasteiger partial charge in [0.05, 0.1) is 18.4 Å². The molecule has 0 saturated heterocycles. The van der Waals surface area contributed by atoms with E-state index >= 15 is 0 Å². The largest absolute Gasteiger partial charge is 0.354 e. The molecule has 0 spiro atoms. The van der Waals surface area contributed by atoms with Crippen LogP contribution in [0.4, 0.5) is 0 Å². The van der Waals surface area contributed by atoms with E-state index in [1.165, 1.54) is 0 Å². The number of aromatic nitrogens is 4. The Hall–Kier alpha value is -2.11. The van der Waals surface area contributed by atoms with Gasteiger partial charge in [-0.15, -0.1) is 0 Å². The summed E-state index contributed by atoms with van der Waals surface area (Å²) in [5, 5.41) is 13.8. The molecule has 0 bridgehead atoms. The molecule has 0 unspecified atom stereocenters. The van der Waals surface area contributed by atoms with E-state index in [-0.39, 0.29) is 11.9 Å². The number of carbonyl (C=O) groups is 1. The molecule has 2 N–H and O–H groups in total. The molecular formula is C14H21N5O. The molecule has 2 heterocycles. The van der Waals surface area contributed by atoms with E-state index in [1.54, 1.807) is 6.20 Å². The second kappa shape index (κ2) is 6.88. The highest BCUT2D eigenvalue weighted by atomic mass is 16.1. The van der Waals surface area contributed by atoms with Crippen molar-refractivity contribution in [2.45, 2.75) is 39.2 Å². The highest BCUT2D eigenvalue weighted by Crippen LogP contribution is 2.05. The summed E-state index contributed by atoms with van der Waals surface area (Å²) in [5.41, 5.74) is 2.27. The van der Waals surface area contributed by atoms with Crippen LogP contribution < -0.4 is 5.32 Å². The van der Waals surface area contributed by atoms with E-state index in [4.69, 9.17) is 0 Å². The monoisotopic (exact) mass is 275 g/mol. The topological polar surface area (TPSA) is 75.6 Å². The van der Waals surface area contributed by atoms with Gasteiger partial charge in [-0.2, -0.15) is 10.2 Å². The molecule has 0 saturated carbocycles. The van der Waals surface area contributed by atoms with Crippen molar-refractivity contribution in [1.82, 2.24) is 25.3 Å². The average Bonchev–Trinajstić information content (AvgIpc) is 3.07. The van der Waals surface area contributed by atoms with Gasteiger partial charge in [-0.3, -0.25) is 14.6 Å². The Morgan fingerprint density at radius 2 is 2.35 bits per heavy atom. The second-order valence-electron chi connectivity index (χ2n) is 5.11. The minimum absolute atomic E-state index is 0.0872. The highest BCUT2D eigenvalue weighted by molar-refractivity contribution is 5.75. The predicted molar refractivity (Wildman–Crippen MR) is 76.2 cm³/mol. The third-order valence-corrected chi connectivity index (χ3v) is 3.20. The van der Waals surface area contributed by atoms with Gasteiger partial charge < -0.3 is 5.32 Å². The number of H-pyrrole nitrogens is 1. The lowest BCUT2D eigenvalue weighted by Crippen LogP contribution is -2.29. The third-order valence-electron chi connectivity index (χ3n) is 3.20. The first-order valence-electron chi connectivity index (χ1n) is 6.90. The molecule has 0 aliphatic carbocycles. The van der Waals surface area contributed by atoms with Gasteiger partial charge in [-0.05, 0) is 37.8 Å². The molecule has 0 fully saturated rings. The number of hydrogen-bond donors (Lipinski definition) is 2. The SMILES string of the molecule is Cc1cnn([C@@H](C)CNC(=O)CCCc2cn[nH]c2)c1. The zero-order chi connectivity index (χ0) is 14.4. The van der Waals surface area contributed by atoms with Crippen LogP contribution in [0.5, 0.6) is 0 Å². The number of rotatable bonds is 7. The molecule has 20 heavy (non-hydrogen) atoms. The third kappa shape index (κ3) is 4.22. The van der Waals surface area contributed by atoms with E-state index < -0.39 is 0 Å². The first-order valence-corrected chi connectivity index (χ1v) is 6.90. The number of nitrogens with zero attached hydrogens (tertiary/aromatic N) is 3. The lowest BCUT2D eigenvalue weighted by atomic mass is 10.1. The number of nitrogens with one attached hydrogen (secondary N) is 2. The lowest BCUT2D eigenvalue weighted by Gasteiger charge is -2.13. The van der Waals surface area contributed by atoms with Gasteiger partial charge in [0, 0.05) is 25.4 Å². The minimum atomic E-state index is 0.0872. The summed E-state index contributed by atoms with van der Waals surface area (Å²) in [6.45, 7) is 4.65. The van der Waals surface area contributed by atoms with Crippen molar-refractivity contribution < 1.29 is 4.79 Å². The number of carbonyl (C=O) groups excluding carboxylic acids is 1. The summed E-state index contributed by atoms with van der Waals surface area (Å²) in [7, 11) is 0. The van der Waals surface area contributed by atoms with Crippen molar-refractivity contribution >= 4 is 5.91 Å². The Labute approximate surface area is 118 Å². The standard InChI is InChI=1S/C14H21N5O/c1-11-6-18-19(10-11)12(2)7-15-14(20)5-3-4-13-8-16-17-9-13/h6,8-10,12H,3-5,7H2,1-2H3,(H,15,20)(H,16,17)/t12-/m0/s1. The van der Waals surface area contributed by atoms with Crippen LogP contribution in [0.25, 0.3) is 0 Å². The van der Waals surface area contributed by atoms with Gasteiger partial charge in [0.1, 0.15) is 0 Å². The highest BCUT2D eigenvalue weighted by Gasteiger charge is 2.08. The number of amides is 1. The number of aryl methyl sites for hydroxylation is 2. The maximum Gasteiger partial charge on any atom is 0.220 e. The van der Waals surface area contributed by atoms with Crippen molar-refractivity contribution in [3.8, 4) is 0 Å². The Bertz CT molecular complexity index is 532. The van der Waals surface area contributed by atoms with E-state index in [9.17, 15) is 4.79 Å². The fraction of sp³-hybridized carbons (Fsp3) is 0.500. The van der Waals surface area contributed by atoms with Gasteiger partial charge in [-0.25, -0.2) is 0 Å². The molecule has 0 aromatic carbocycles. The maximum absolute atomic E-state index is 11.7. The summed E-state index contributed by atoms with van der Waals surface area (Å²) in [4.78, 5) is 11.7. The predicted octanol–water partition coefficient (Wildman–Crippen LogP) is 1.61. The normalized spacial score (nSPS) is 12.3. The van der Waals surface area contributed by atoms with Crippen molar-refractivity contribution in [2.24, 2.45) is 0 Å². The van der Waals surface area contributed by atoms with Gasteiger partial charge in [-0.1, -0.05) is 0 Å².